The quantitative estimate of drug-likeness (QED) is 0.790. The summed E-state index contributed by atoms with van der Waals surface area (Å²) in [7, 11) is -3.64. The number of benzene rings is 1. The van der Waals surface area contributed by atoms with Gasteiger partial charge >= 0.3 is 0 Å². The van der Waals surface area contributed by atoms with Crippen molar-refractivity contribution in [2.75, 3.05) is 26.3 Å². The Morgan fingerprint density at radius 3 is 2.60 bits per heavy atom. The highest BCUT2D eigenvalue weighted by molar-refractivity contribution is 7.89. The Bertz CT molecular complexity index is 921. The summed E-state index contributed by atoms with van der Waals surface area (Å²) in [5.74, 6) is 1.50. The monoisotopic (exact) mass is 434 g/mol. The van der Waals surface area contributed by atoms with Gasteiger partial charge in [0.15, 0.2) is 0 Å². The molecule has 0 aromatic heterocycles. The summed E-state index contributed by atoms with van der Waals surface area (Å²) in [5, 5.41) is 3.23. The van der Waals surface area contributed by atoms with E-state index in [1.165, 1.54) is 17.1 Å². The number of amides is 1. The molecule has 1 saturated heterocycles. The first-order valence-electron chi connectivity index (χ1n) is 11.1. The summed E-state index contributed by atoms with van der Waals surface area (Å²) in [6, 6.07) is 5.15. The molecule has 7 heteroatoms. The summed E-state index contributed by atoms with van der Waals surface area (Å²) in [4.78, 5) is 13.3. The van der Waals surface area contributed by atoms with Crippen LogP contribution < -0.4 is 5.32 Å². The number of nitrogens with zero attached hydrogens (tertiary/aromatic N) is 1. The average Bonchev–Trinajstić information content (AvgIpc) is 2.89. The number of carbonyl (C=O) groups excluding carboxylic acids is 1. The number of aryl methyl sites for hydroxylation is 1. The van der Waals surface area contributed by atoms with Gasteiger partial charge in [-0.1, -0.05) is 26.8 Å². The summed E-state index contributed by atoms with van der Waals surface area (Å²) < 4.78 is 33.0. The second-order valence-electron chi connectivity index (χ2n) is 9.87. The summed E-state index contributed by atoms with van der Waals surface area (Å²) in [6.45, 7) is 10.2. The topological polar surface area (TPSA) is 75.7 Å². The third kappa shape index (κ3) is 3.69. The molecule has 2 saturated carbocycles. The van der Waals surface area contributed by atoms with E-state index in [1.807, 2.05) is 0 Å². The van der Waals surface area contributed by atoms with Gasteiger partial charge in [0.25, 0.3) is 5.91 Å². The Hall–Kier alpha value is -1.44. The molecule has 1 aromatic rings. The highest BCUT2D eigenvalue weighted by Crippen LogP contribution is 2.57. The minimum absolute atomic E-state index is 0.142. The lowest BCUT2D eigenvalue weighted by atomic mass is 9.62. The van der Waals surface area contributed by atoms with Crippen LogP contribution in [-0.2, 0) is 14.8 Å². The predicted octanol–water partition coefficient (Wildman–Crippen LogP) is 3.21. The van der Waals surface area contributed by atoms with Crippen LogP contribution >= 0.6 is 0 Å². The number of hydrogen-bond acceptors (Lipinski definition) is 4. The molecule has 1 heterocycles. The van der Waals surface area contributed by atoms with E-state index in [0.29, 0.717) is 60.6 Å². The predicted molar refractivity (Wildman–Crippen MR) is 116 cm³/mol. The molecule has 1 aliphatic heterocycles. The normalized spacial score (nSPS) is 31.5. The smallest absolute Gasteiger partial charge is 0.251 e. The zero-order valence-electron chi connectivity index (χ0n) is 18.5. The van der Waals surface area contributed by atoms with Gasteiger partial charge in [0.05, 0.1) is 18.1 Å². The van der Waals surface area contributed by atoms with Crippen molar-refractivity contribution in [1.82, 2.24) is 9.62 Å². The fourth-order valence-electron chi connectivity index (χ4n) is 5.98. The van der Waals surface area contributed by atoms with Gasteiger partial charge in [-0.3, -0.25) is 4.79 Å². The van der Waals surface area contributed by atoms with Gasteiger partial charge in [0.2, 0.25) is 10.0 Å². The maximum atomic E-state index is 13.1. The Morgan fingerprint density at radius 2 is 1.90 bits per heavy atom. The fourth-order valence-corrected chi connectivity index (χ4v) is 7.64. The van der Waals surface area contributed by atoms with Crippen molar-refractivity contribution in [3.63, 3.8) is 0 Å². The third-order valence-electron chi connectivity index (χ3n) is 8.00. The van der Waals surface area contributed by atoms with E-state index in [9.17, 15) is 13.2 Å². The molecule has 6 nitrogen and oxygen atoms in total. The number of sulfonamides is 1. The van der Waals surface area contributed by atoms with E-state index < -0.39 is 10.0 Å². The molecular weight excluding hydrogens is 400 g/mol. The zero-order chi connectivity index (χ0) is 21.7. The number of carbonyl (C=O) groups is 1. The van der Waals surface area contributed by atoms with Crippen molar-refractivity contribution in [3.05, 3.63) is 29.3 Å². The lowest BCUT2D eigenvalue weighted by Gasteiger charge is -2.46. The van der Waals surface area contributed by atoms with E-state index in [0.717, 1.165) is 6.42 Å². The Morgan fingerprint density at radius 1 is 1.20 bits per heavy atom. The van der Waals surface area contributed by atoms with Crippen molar-refractivity contribution in [2.45, 2.75) is 57.9 Å². The van der Waals surface area contributed by atoms with Crippen molar-refractivity contribution in [1.29, 1.82) is 0 Å². The van der Waals surface area contributed by atoms with Crippen LogP contribution in [0.1, 0.15) is 56.0 Å². The first kappa shape index (κ1) is 21.8. The third-order valence-corrected chi connectivity index (χ3v) is 10.0. The first-order valence-corrected chi connectivity index (χ1v) is 12.6. The average molecular weight is 435 g/mol. The lowest BCUT2D eigenvalue weighted by Crippen LogP contribution is -2.50. The highest BCUT2D eigenvalue weighted by Gasteiger charge is 2.51. The molecule has 0 unspecified atom stereocenters. The fraction of sp³-hybridized carbons (Fsp3) is 0.696. The molecule has 2 bridgehead atoms. The molecule has 1 aromatic carbocycles. The minimum atomic E-state index is -3.64. The maximum Gasteiger partial charge on any atom is 0.251 e. The molecule has 2 aliphatic carbocycles. The summed E-state index contributed by atoms with van der Waals surface area (Å²) in [5.41, 5.74) is 1.41. The molecule has 3 aliphatic rings. The van der Waals surface area contributed by atoms with Crippen LogP contribution in [0.3, 0.4) is 0 Å². The Kier molecular flexibility index (Phi) is 5.75. The minimum Gasteiger partial charge on any atom is -0.379 e. The molecule has 3 fully saturated rings. The molecule has 0 radical (unpaired) electrons. The maximum absolute atomic E-state index is 13.1. The number of ether oxygens (including phenoxy) is 1. The second kappa shape index (κ2) is 7.92. The molecule has 30 heavy (non-hydrogen) atoms. The van der Waals surface area contributed by atoms with Crippen LogP contribution in [0.5, 0.6) is 0 Å². The largest absolute Gasteiger partial charge is 0.379 e. The Labute approximate surface area is 180 Å². The van der Waals surface area contributed by atoms with Crippen LogP contribution in [0.25, 0.3) is 0 Å². The number of morpholine rings is 1. The molecular formula is C23H34N2O4S. The van der Waals surface area contributed by atoms with Gasteiger partial charge in [-0.15, -0.1) is 0 Å². The van der Waals surface area contributed by atoms with Gasteiger partial charge in [0.1, 0.15) is 0 Å². The first-order chi connectivity index (χ1) is 14.1. The van der Waals surface area contributed by atoms with E-state index in [-0.39, 0.29) is 16.8 Å². The van der Waals surface area contributed by atoms with E-state index in [2.05, 4.69) is 26.1 Å². The van der Waals surface area contributed by atoms with E-state index in [4.69, 9.17) is 4.74 Å². The van der Waals surface area contributed by atoms with Gasteiger partial charge in [-0.2, -0.15) is 4.31 Å². The zero-order valence-corrected chi connectivity index (χ0v) is 19.3. The molecule has 4 atom stereocenters. The van der Waals surface area contributed by atoms with E-state index >= 15 is 0 Å². The lowest BCUT2D eigenvalue weighted by molar-refractivity contribution is 0.0465. The molecule has 0 spiro atoms. The molecule has 166 valence electrons. The van der Waals surface area contributed by atoms with E-state index in [1.54, 1.807) is 25.1 Å². The van der Waals surface area contributed by atoms with Crippen LogP contribution in [-0.4, -0.2) is 51.0 Å². The number of fused-ring (bicyclic) bond motifs is 2. The van der Waals surface area contributed by atoms with Crippen molar-refractivity contribution in [3.8, 4) is 0 Å². The molecule has 1 N–H and O–H groups in total. The van der Waals surface area contributed by atoms with Crippen LogP contribution in [0.4, 0.5) is 0 Å². The second-order valence-corrected chi connectivity index (χ2v) is 11.8. The highest BCUT2D eigenvalue weighted by atomic mass is 32.2. The van der Waals surface area contributed by atoms with Gasteiger partial charge in [-0.05, 0) is 67.1 Å². The van der Waals surface area contributed by atoms with Gasteiger partial charge < -0.3 is 10.1 Å². The Balaban J connectivity index is 1.54. The van der Waals surface area contributed by atoms with Crippen LogP contribution in [0.2, 0.25) is 0 Å². The standard InChI is InChI=1S/C23H34N2O4S/c1-15-5-6-17(13-21(15)30(27,28)25-9-11-29-12-10-25)22(26)24-20-14-18-7-8-19(16(20)2)23(18,3)4/h5-6,13,16,18-20H,7-12,14H2,1-4H3,(H,24,26)/t16-,18+,19-,20-/m0/s1. The van der Waals surface area contributed by atoms with Crippen LogP contribution in [0.15, 0.2) is 23.1 Å². The van der Waals surface area contributed by atoms with Gasteiger partial charge in [-0.25, -0.2) is 8.42 Å². The van der Waals surface area contributed by atoms with Crippen LogP contribution in [0, 0.1) is 30.1 Å². The SMILES string of the molecule is Cc1ccc(C(=O)N[C@H]2C[C@H]3CC[C@@H]([C@@H]2C)C3(C)C)cc1S(=O)(=O)N1CCOCC1. The number of rotatable bonds is 4. The molecule has 1 amide bonds. The summed E-state index contributed by atoms with van der Waals surface area (Å²) >= 11 is 0. The summed E-state index contributed by atoms with van der Waals surface area (Å²) in [6.07, 6.45) is 3.47. The number of hydrogen-bond donors (Lipinski definition) is 1. The van der Waals surface area contributed by atoms with Crippen molar-refractivity contribution in [2.24, 2.45) is 23.2 Å². The number of nitrogens with one attached hydrogen (secondary N) is 1. The van der Waals surface area contributed by atoms with Crippen molar-refractivity contribution >= 4 is 15.9 Å². The molecule has 4 rings (SSSR count). The van der Waals surface area contributed by atoms with Crippen molar-refractivity contribution < 1.29 is 17.9 Å². The van der Waals surface area contributed by atoms with Gasteiger partial charge in [0, 0.05) is 24.7 Å².